The first-order valence-electron chi connectivity index (χ1n) is 8.12. The van der Waals surface area contributed by atoms with E-state index in [0.717, 1.165) is 10.8 Å². The minimum absolute atomic E-state index is 0.0237. The second-order valence-electron chi connectivity index (χ2n) is 6.91. The second-order valence-corrected chi connectivity index (χ2v) is 8.82. The highest BCUT2D eigenvalue weighted by molar-refractivity contribution is 7.90. The van der Waals surface area contributed by atoms with Crippen molar-refractivity contribution in [3.63, 3.8) is 0 Å². The molecule has 0 amide bonds. The molecule has 3 rings (SSSR count). The van der Waals surface area contributed by atoms with E-state index in [-0.39, 0.29) is 16.6 Å². The third kappa shape index (κ3) is 3.35. The molecule has 0 unspecified atom stereocenters. The molecule has 26 heavy (non-hydrogen) atoms. The molecule has 1 fully saturated rings. The summed E-state index contributed by atoms with van der Waals surface area (Å²) in [5, 5.41) is 10.4. The number of halogens is 2. The minimum atomic E-state index is -3.73. The fraction of sp³-hybridized carbons (Fsp3) is 0.562. The topological polar surface area (TPSA) is 102 Å². The second kappa shape index (κ2) is 6.34. The predicted molar refractivity (Wildman–Crippen MR) is 90.1 cm³/mol. The molecule has 0 saturated heterocycles. The first-order chi connectivity index (χ1) is 12.0. The largest absolute Gasteiger partial charge is 0.388 e. The summed E-state index contributed by atoms with van der Waals surface area (Å²) in [5.74, 6) is 0. The molecule has 0 aromatic carbocycles. The molecule has 2 heterocycles. The molecule has 142 valence electrons. The van der Waals surface area contributed by atoms with Crippen molar-refractivity contribution >= 4 is 20.9 Å². The summed E-state index contributed by atoms with van der Waals surface area (Å²) in [5.41, 5.74) is -2.01. The van der Waals surface area contributed by atoms with E-state index in [2.05, 4.69) is 9.97 Å². The number of sulfone groups is 1. The SMILES string of the molecule is C[C@@]1(O)CCC[C@H]1n1c(=O)c(CC(F)F)cc2cnc(S(C)(=O)=O)nc21. The van der Waals surface area contributed by atoms with Crippen molar-refractivity contribution in [1.29, 1.82) is 0 Å². The monoisotopic (exact) mass is 387 g/mol. The van der Waals surface area contributed by atoms with E-state index >= 15 is 0 Å². The molecular weight excluding hydrogens is 368 g/mol. The Hall–Kier alpha value is -1.94. The fourth-order valence-corrected chi connectivity index (χ4v) is 3.98. The van der Waals surface area contributed by atoms with E-state index in [4.69, 9.17) is 0 Å². The van der Waals surface area contributed by atoms with Crippen molar-refractivity contribution < 1.29 is 22.3 Å². The third-order valence-electron chi connectivity index (χ3n) is 4.72. The van der Waals surface area contributed by atoms with Gasteiger partial charge in [0.1, 0.15) is 5.65 Å². The van der Waals surface area contributed by atoms with E-state index < -0.39 is 45.0 Å². The molecule has 1 aliphatic rings. The lowest BCUT2D eigenvalue weighted by molar-refractivity contribution is 0.0265. The first-order valence-corrected chi connectivity index (χ1v) is 10.0. The number of hydrogen-bond acceptors (Lipinski definition) is 6. The molecule has 1 aliphatic carbocycles. The average Bonchev–Trinajstić information content (AvgIpc) is 2.85. The first kappa shape index (κ1) is 18.8. The molecule has 1 saturated carbocycles. The number of pyridine rings is 1. The van der Waals surface area contributed by atoms with Crippen LogP contribution in [0, 0.1) is 0 Å². The van der Waals surface area contributed by atoms with E-state index in [0.29, 0.717) is 19.3 Å². The van der Waals surface area contributed by atoms with Gasteiger partial charge in [-0.05, 0) is 32.3 Å². The highest BCUT2D eigenvalue weighted by atomic mass is 32.2. The maximum absolute atomic E-state index is 12.9. The van der Waals surface area contributed by atoms with E-state index in [1.807, 2.05) is 0 Å². The number of rotatable bonds is 4. The zero-order valence-corrected chi connectivity index (χ0v) is 15.1. The molecular formula is C16H19F2N3O4S. The van der Waals surface area contributed by atoms with Gasteiger partial charge in [-0.1, -0.05) is 0 Å². The number of hydrogen-bond donors (Lipinski definition) is 1. The van der Waals surface area contributed by atoms with Crippen LogP contribution in [0.15, 0.2) is 22.2 Å². The molecule has 2 atom stereocenters. The van der Waals surface area contributed by atoms with Gasteiger partial charge in [-0.2, -0.15) is 4.98 Å². The number of aromatic nitrogens is 3. The molecule has 10 heteroatoms. The fourth-order valence-electron chi connectivity index (χ4n) is 3.48. The van der Waals surface area contributed by atoms with Gasteiger partial charge in [0.2, 0.25) is 21.4 Å². The zero-order valence-electron chi connectivity index (χ0n) is 14.3. The van der Waals surface area contributed by atoms with Gasteiger partial charge in [0, 0.05) is 29.8 Å². The zero-order chi connectivity index (χ0) is 19.3. The summed E-state index contributed by atoms with van der Waals surface area (Å²) in [7, 11) is -3.73. The van der Waals surface area contributed by atoms with Crippen LogP contribution in [0.25, 0.3) is 11.0 Å². The maximum Gasteiger partial charge on any atom is 0.255 e. The van der Waals surface area contributed by atoms with Crippen LogP contribution in [-0.4, -0.2) is 46.3 Å². The highest BCUT2D eigenvalue weighted by Gasteiger charge is 2.40. The van der Waals surface area contributed by atoms with Gasteiger partial charge in [0.15, 0.2) is 0 Å². The summed E-state index contributed by atoms with van der Waals surface area (Å²) < 4.78 is 50.5. The number of aliphatic hydroxyl groups is 1. The Labute approximate surface area is 148 Å². The van der Waals surface area contributed by atoms with Crippen LogP contribution in [-0.2, 0) is 16.3 Å². The van der Waals surface area contributed by atoms with Crippen molar-refractivity contribution in [2.45, 2.75) is 55.8 Å². The van der Waals surface area contributed by atoms with Crippen molar-refractivity contribution in [1.82, 2.24) is 14.5 Å². The highest BCUT2D eigenvalue weighted by Crippen LogP contribution is 2.39. The molecule has 1 N–H and O–H groups in total. The number of nitrogens with zero attached hydrogens (tertiary/aromatic N) is 3. The number of alkyl halides is 2. The van der Waals surface area contributed by atoms with Gasteiger partial charge in [-0.25, -0.2) is 22.2 Å². The summed E-state index contributed by atoms with van der Waals surface area (Å²) in [6.07, 6.45) is 0.230. The van der Waals surface area contributed by atoms with Crippen LogP contribution in [0.1, 0.15) is 37.8 Å². The van der Waals surface area contributed by atoms with Gasteiger partial charge < -0.3 is 5.11 Å². The van der Waals surface area contributed by atoms with Crippen LogP contribution < -0.4 is 5.56 Å². The lowest BCUT2D eigenvalue weighted by Gasteiger charge is -2.28. The Morgan fingerprint density at radius 2 is 2.15 bits per heavy atom. The quantitative estimate of drug-likeness (QED) is 0.798. The Morgan fingerprint density at radius 3 is 2.69 bits per heavy atom. The van der Waals surface area contributed by atoms with Crippen LogP contribution in [0.2, 0.25) is 0 Å². The summed E-state index contributed by atoms with van der Waals surface area (Å²) in [6.45, 7) is 1.57. The van der Waals surface area contributed by atoms with Gasteiger partial charge in [0.05, 0.1) is 11.6 Å². The van der Waals surface area contributed by atoms with Gasteiger partial charge in [0.25, 0.3) is 5.56 Å². The molecule has 2 aromatic rings. The van der Waals surface area contributed by atoms with Crippen LogP contribution in [0.3, 0.4) is 0 Å². The van der Waals surface area contributed by atoms with Gasteiger partial charge in [-0.15, -0.1) is 0 Å². The van der Waals surface area contributed by atoms with E-state index in [9.17, 15) is 27.1 Å². The van der Waals surface area contributed by atoms with Crippen LogP contribution in [0.4, 0.5) is 8.78 Å². The van der Waals surface area contributed by atoms with Crippen molar-refractivity contribution in [2.24, 2.45) is 0 Å². The van der Waals surface area contributed by atoms with Crippen LogP contribution >= 0.6 is 0 Å². The lowest BCUT2D eigenvalue weighted by atomic mass is 9.99. The van der Waals surface area contributed by atoms with Crippen LogP contribution in [0.5, 0.6) is 0 Å². The molecule has 0 bridgehead atoms. The molecule has 0 aliphatic heterocycles. The van der Waals surface area contributed by atoms with Crippen molar-refractivity contribution in [3.05, 3.63) is 28.2 Å². The van der Waals surface area contributed by atoms with E-state index in [1.165, 1.54) is 12.3 Å². The smallest absolute Gasteiger partial charge is 0.255 e. The molecule has 2 aromatic heterocycles. The minimum Gasteiger partial charge on any atom is -0.388 e. The third-order valence-corrected chi connectivity index (χ3v) is 5.58. The van der Waals surface area contributed by atoms with E-state index in [1.54, 1.807) is 6.92 Å². The summed E-state index contributed by atoms with van der Waals surface area (Å²) >= 11 is 0. The standard InChI is InChI=1S/C16H19F2N3O4S/c1-16(23)5-3-4-11(16)21-13-10(6-9(14(21)22)7-12(17)18)8-19-15(20-13)26(2,24)25/h6,8,11-12,23H,3-5,7H2,1-2H3/t11-,16-/m1/s1. The average molecular weight is 387 g/mol. The lowest BCUT2D eigenvalue weighted by Crippen LogP contribution is -2.39. The Kier molecular flexibility index (Phi) is 4.60. The summed E-state index contributed by atoms with van der Waals surface area (Å²) in [6, 6.07) is 0.577. The summed E-state index contributed by atoms with van der Waals surface area (Å²) in [4.78, 5) is 20.6. The Balaban J connectivity index is 2.35. The van der Waals surface area contributed by atoms with Crippen molar-refractivity contribution in [2.75, 3.05) is 6.26 Å². The van der Waals surface area contributed by atoms with Crippen molar-refractivity contribution in [3.8, 4) is 0 Å². The molecule has 0 spiro atoms. The maximum atomic E-state index is 12.9. The number of fused-ring (bicyclic) bond motifs is 1. The Morgan fingerprint density at radius 1 is 1.46 bits per heavy atom. The van der Waals surface area contributed by atoms with Gasteiger partial charge >= 0.3 is 0 Å². The van der Waals surface area contributed by atoms with Gasteiger partial charge in [-0.3, -0.25) is 9.36 Å². The Bertz CT molecular complexity index is 1020. The predicted octanol–water partition coefficient (Wildman–Crippen LogP) is 1.48. The molecule has 0 radical (unpaired) electrons. The normalized spacial score (nSPS) is 23.8. The molecule has 7 nitrogen and oxygen atoms in total.